The number of aromatic nitrogens is 1. The molecule has 0 aliphatic carbocycles. The van der Waals surface area contributed by atoms with Crippen molar-refractivity contribution in [1.82, 2.24) is 4.98 Å². The highest BCUT2D eigenvalue weighted by molar-refractivity contribution is 7.07. The van der Waals surface area contributed by atoms with E-state index in [1.54, 1.807) is 11.3 Å². The molecule has 0 saturated carbocycles. The molecule has 0 fully saturated rings. The van der Waals surface area contributed by atoms with Crippen LogP contribution in [0.1, 0.15) is 6.92 Å². The standard InChI is InChI=1S/C15H13NOS/c1-2-17-15-8-7-12(14-9-18-10-16-14)11-5-3-4-6-13(11)15/h3-10H,2H2,1H3. The summed E-state index contributed by atoms with van der Waals surface area (Å²) in [5, 5.41) is 4.40. The minimum atomic E-state index is 0.681. The summed E-state index contributed by atoms with van der Waals surface area (Å²) in [7, 11) is 0. The van der Waals surface area contributed by atoms with Crippen molar-refractivity contribution in [1.29, 1.82) is 0 Å². The molecule has 90 valence electrons. The van der Waals surface area contributed by atoms with Crippen LogP contribution in [0.5, 0.6) is 5.75 Å². The lowest BCUT2D eigenvalue weighted by molar-refractivity contribution is 0.344. The van der Waals surface area contributed by atoms with Crippen molar-refractivity contribution in [3.05, 3.63) is 47.3 Å². The first kappa shape index (κ1) is 11.2. The van der Waals surface area contributed by atoms with E-state index < -0.39 is 0 Å². The van der Waals surface area contributed by atoms with E-state index >= 15 is 0 Å². The fourth-order valence-electron chi connectivity index (χ4n) is 2.12. The molecule has 0 unspecified atom stereocenters. The first-order valence-electron chi connectivity index (χ1n) is 5.93. The van der Waals surface area contributed by atoms with Crippen LogP contribution < -0.4 is 4.74 Å². The first-order chi connectivity index (χ1) is 8.90. The van der Waals surface area contributed by atoms with Gasteiger partial charge in [-0.3, -0.25) is 0 Å². The highest BCUT2D eigenvalue weighted by atomic mass is 32.1. The molecule has 0 spiro atoms. The Morgan fingerprint density at radius 2 is 1.94 bits per heavy atom. The normalized spacial score (nSPS) is 10.7. The van der Waals surface area contributed by atoms with Crippen molar-refractivity contribution in [2.24, 2.45) is 0 Å². The van der Waals surface area contributed by atoms with Gasteiger partial charge in [0.1, 0.15) is 5.75 Å². The SMILES string of the molecule is CCOc1ccc(-c2cscn2)c2ccccc12. The van der Waals surface area contributed by atoms with Gasteiger partial charge in [-0.05, 0) is 24.4 Å². The molecule has 3 aromatic rings. The van der Waals surface area contributed by atoms with Gasteiger partial charge < -0.3 is 4.74 Å². The summed E-state index contributed by atoms with van der Waals surface area (Å²) < 4.78 is 5.67. The molecule has 3 heteroatoms. The van der Waals surface area contributed by atoms with Crippen LogP contribution in [0.15, 0.2) is 47.3 Å². The molecule has 18 heavy (non-hydrogen) atoms. The molecule has 0 bridgehead atoms. The zero-order valence-corrected chi connectivity index (χ0v) is 10.9. The number of hydrogen-bond donors (Lipinski definition) is 0. The van der Waals surface area contributed by atoms with Crippen LogP contribution in [-0.4, -0.2) is 11.6 Å². The Labute approximate surface area is 110 Å². The second-order valence-corrected chi connectivity index (χ2v) is 4.68. The maximum Gasteiger partial charge on any atom is 0.127 e. The maximum atomic E-state index is 5.67. The van der Waals surface area contributed by atoms with Crippen LogP contribution >= 0.6 is 11.3 Å². The third-order valence-electron chi connectivity index (χ3n) is 2.89. The molecule has 2 aromatic carbocycles. The quantitative estimate of drug-likeness (QED) is 0.693. The van der Waals surface area contributed by atoms with Gasteiger partial charge in [0.25, 0.3) is 0 Å². The summed E-state index contributed by atoms with van der Waals surface area (Å²) in [4.78, 5) is 4.39. The summed E-state index contributed by atoms with van der Waals surface area (Å²) >= 11 is 1.62. The Morgan fingerprint density at radius 3 is 2.67 bits per heavy atom. The molecule has 2 nitrogen and oxygen atoms in total. The van der Waals surface area contributed by atoms with Crippen LogP contribution in [0.4, 0.5) is 0 Å². The lowest BCUT2D eigenvalue weighted by Gasteiger charge is -2.10. The van der Waals surface area contributed by atoms with E-state index in [4.69, 9.17) is 4.74 Å². The maximum absolute atomic E-state index is 5.67. The zero-order valence-electron chi connectivity index (χ0n) is 10.1. The Balaban J connectivity index is 2.26. The van der Waals surface area contributed by atoms with Crippen LogP contribution in [-0.2, 0) is 0 Å². The van der Waals surface area contributed by atoms with Crippen LogP contribution in [0, 0.1) is 0 Å². The van der Waals surface area contributed by atoms with Gasteiger partial charge >= 0.3 is 0 Å². The monoisotopic (exact) mass is 255 g/mol. The fourth-order valence-corrected chi connectivity index (χ4v) is 2.67. The van der Waals surface area contributed by atoms with E-state index in [2.05, 4.69) is 28.6 Å². The molecule has 3 rings (SSSR count). The third kappa shape index (κ3) is 1.87. The van der Waals surface area contributed by atoms with E-state index in [0.29, 0.717) is 6.61 Å². The third-order valence-corrected chi connectivity index (χ3v) is 3.48. The lowest BCUT2D eigenvalue weighted by atomic mass is 10.0. The van der Waals surface area contributed by atoms with Gasteiger partial charge in [-0.25, -0.2) is 4.98 Å². The second-order valence-electron chi connectivity index (χ2n) is 3.96. The van der Waals surface area contributed by atoms with E-state index in [9.17, 15) is 0 Å². The number of thiazole rings is 1. The van der Waals surface area contributed by atoms with Crippen molar-refractivity contribution in [3.8, 4) is 17.0 Å². The van der Waals surface area contributed by atoms with E-state index in [-0.39, 0.29) is 0 Å². The number of ether oxygens (including phenoxy) is 1. The fraction of sp³-hybridized carbons (Fsp3) is 0.133. The van der Waals surface area contributed by atoms with Gasteiger partial charge in [0.05, 0.1) is 17.8 Å². The van der Waals surface area contributed by atoms with E-state index in [0.717, 1.165) is 22.4 Å². The number of nitrogens with zero attached hydrogens (tertiary/aromatic N) is 1. The van der Waals surface area contributed by atoms with Gasteiger partial charge in [0.2, 0.25) is 0 Å². The van der Waals surface area contributed by atoms with Crippen LogP contribution in [0.3, 0.4) is 0 Å². The molecular weight excluding hydrogens is 242 g/mol. The summed E-state index contributed by atoms with van der Waals surface area (Å²) in [5.41, 5.74) is 4.05. The smallest absolute Gasteiger partial charge is 0.127 e. The highest BCUT2D eigenvalue weighted by Gasteiger charge is 2.09. The van der Waals surface area contributed by atoms with Crippen LogP contribution in [0.2, 0.25) is 0 Å². The molecule has 0 amide bonds. The molecule has 0 aliphatic heterocycles. The largest absolute Gasteiger partial charge is 0.493 e. The van der Waals surface area contributed by atoms with Crippen molar-refractivity contribution in [3.63, 3.8) is 0 Å². The molecule has 0 atom stereocenters. The Bertz CT molecular complexity index is 661. The van der Waals surface area contributed by atoms with Crippen molar-refractivity contribution in [2.75, 3.05) is 6.61 Å². The van der Waals surface area contributed by atoms with E-state index in [1.807, 2.05) is 30.6 Å². The van der Waals surface area contributed by atoms with Gasteiger partial charge in [-0.2, -0.15) is 0 Å². The predicted octanol–water partition coefficient (Wildman–Crippen LogP) is 4.36. The highest BCUT2D eigenvalue weighted by Crippen LogP contribution is 2.34. The summed E-state index contributed by atoms with van der Waals surface area (Å²) in [6.45, 7) is 2.68. The van der Waals surface area contributed by atoms with Crippen molar-refractivity contribution < 1.29 is 4.74 Å². The minimum Gasteiger partial charge on any atom is -0.493 e. The van der Waals surface area contributed by atoms with Gasteiger partial charge in [0.15, 0.2) is 0 Å². The number of fused-ring (bicyclic) bond motifs is 1. The Hall–Kier alpha value is -1.87. The Kier molecular flexibility index (Phi) is 2.99. The molecule has 1 aromatic heterocycles. The number of benzene rings is 2. The van der Waals surface area contributed by atoms with Gasteiger partial charge in [0, 0.05) is 16.3 Å². The van der Waals surface area contributed by atoms with Crippen molar-refractivity contribution >= 4 is 22.1 Å². The second kappa shape index (κ2) is 4.78. The summed E-state index contributed by atoms with van der Waals surface area (Å²) in [5.74, 6) is 0.937. The summed E-state index contributed by atoms with van der Waals surface area (Å²) in [6, 6.07) is 12.4. The van der Waals surface area contributed by atoms with E-state index in [1.165, 1.54) is 5.39 Å². The minimum absolute atomic E-state index is 0.681. The molecule has 0 saturated heterocycles. The average Bonchev–Trinajstić information content (AvgIpc) is 2.93. The number of hydrogen-bond acceptors (Lipinski definition) is 3. The molecule has 0 radical (unpaired) electrons. The van der Waals surface area contributed by atoms with Crippen LogP contribution in [0.25, 0.3) is 22.0 Å². The summed E-state index contributed by atoms with van der Waals surface area (Å²) in [6.07, 6.45) is 0. The first-order valence-corrected chi connectivity index (χ1v) is 6.87. The van der Waals surface area contributed by atoms with Gasteiger partial charge in [-0.15, -0.1) is 11.3 Å². The lowest BCUT2D eigenvalue weighted by Crippen LogP contribution is -1.93. The molecule has 0 N–H and O–H groups in total. The molecular formula is C15H13NOS. The van der Waals surface area contributed by atoms with Gasteiger partial charge in [-0.1, -0.05) is 24.3 Å². The average molecular weight is 255 g/mol. The molecule has 0 aliphatic rings. The zero-order chi connectivity index (χ0) is 12.4. The topological polar surface area (TPSA) is 22.1 Å². The number of rotatable bonds is 3. The molecule has 1 heterocycles. The Morgan fingerprint density at radius 1 is 1.11 bits per heavy atom. The predicted molar refractivity (Wildman–Crippen MR) is 76.2 cm³/mol. The van der Waals surface area contributed by atoms with Crippen molar-refractivity contribution in [2.45, 2.75) is 6.92 Å².